The van der Waals surface area contributed by atoms with Crippen LogP contribution in [0, 0.1) is 0 Å². The van der Waals surface area contributed by atoms with Gasteiger partial charge in [0.1, 0.15) is 24.4 Å². The molecule has 1 aliphatic rings. The zero-order valence-electron chi connectivity index (χ0n) is 47.4. The van der Waals surface area contributed by atoms with E-state index < -0.39 is 67.4 Å². The molecule has 0 aromatic carbocycles. The molecule has 1 rings (SSSR count). The molecule has 1 amide bonds. The predicted octanol–water partition coefficient (Wildman–Crippen LogP) is 13.9. The van der Waals surface area contributed by atoms with E-state index in [0.29, 0.717) is 12.8 Å². The van der Waals surface area contributed by atoms with Crippen LogP contribution in [0.25, 0.3) is 0 Å². The van der Waals surface area contributed by atoms with Gasteiger partial charge in [-0.2, -0.15) is 0 Å². The minimum atomic E-state index is -1.63. The van der Waals surface area contributed by atoms with Crippen molar-refractivity contribution in [2.24, 2.45) is 0 Å². The number of rotatable bonds is 49. The van der Waals surface area contributed by atoms with Crippen molar-refractivity contribution in [1.29, 1.82) is 0 Å². The van der Waals surface area contributed by atoms with Crippen LogP contribution in [0.15, 0.2) is 97.2 Å². The summed E-state index contributed by atoms with van der Waals surface area (Å²) in [4.78, 5) is 26.5. The molecule has 11 heteroatoms. The number of nitrogens with one attached hydrogen (secondary N) is 1. The summed E-state index contributed by atoms with van der Waals surface area (Å²) < 4.78 is 17.6. The van der Waals surface area contributed by atoms with Gasteiger partial charge in [0.25, 0.3) is 0 Å². The number of allylic oxidation sites excluding steroid dienone is 15. The number of unbranched alkanes of at least 4 members (excludes halogenated alkanes) is 23. The summed E-state index contributed by atoms with van der Waals surface area (Å²) in [6.07, 6.45) is 57.2. The van der Waals surface area contributed by atoms with Crippen LogP contribution in [0.1, 0.15) is 233 Å². The minimum absolute atomic E-state index is 0.0799. The Kier molecular flexibility index (Phi) is 47.6. The van der Waals surface area contributed by atoms with Gasteiger partial charge < -0.3 is 45.1 Å². The normalized spacial score (nSPS) is 19.9. The predicted molar refractivity (Wildman–Crippen MR) is 310 cm³/mol. The summed E-state index contributed by atoms with van der Waals surface area (Å²) >= 11 is 0. The fourth-order valence-corrected chi connectivity index (χ4v) is 8.75. The lowest BCUT2D eigenvalue weighted by atomic mass is 9.99. The van der Waals surface area contributed by atoms with E-state index in [1.807, 2.05) is 18.2 Å². The lowest BCUT2D eigenvalue weighted by molar-refractivity contribution is -0.305. The highest BCUT2D eigenvalue weighted by molar-refractivity contribution is 5.80. The van der Waals surface area contributed by atoms with E-state index in [9.17, 15) is 35.1 Å². The highest BCUT2D eigenvalue weighted by Gasteiger charge is 2.47. The van der Waals surface area contributed by atoms with Gasteiger partial charge >= 0.3 is 5.97 Å². The Labute approximate surface area is 456 Å². The number of esters is 1. The van der Waals surface area contributed by atoms with Gasteiger partial charge in [0.05, 0.1) is 25.4 Å². The number of carbonyl (C=O) groups is 2. The first-order valence-electron chi connectivity index (χ1n) is 30.0. The highest BCUT2D eigenvalue weighted by atomic mass is 16.7. The van der Waals surface area contributed by atoms with E-state index in [1.165, 1.54) is 77.0 Å². The maximum atomic E-state index is 13.4. The van der Waals surface area contributed by atoms with Gasteiger partial charge in [-0.1, -0.05) is 234 Å². The van der Waals surface area contributed by atoms with E-state index >= 15 is 0 Å². The fraction of sp³-hybridized carbons (Fsp3) is 0.719. The molecule has 0 aromatic rings. The Balaban J connectivity index is 2.74. The topological polar surface area (TPSA) is 175 Å². The van der Waals surface area contributed by atoms with E-state index in [2.05, 4.69) is 99.0 Å². The van der Waals surface area contributed by atoms with Gasteiger partial charge in [0, 0.05) is 6.42 Å². The van der Waals surface area contributed by atoms with Crippen molar-refractivity contribution in [3.05, 3.63) is 97.2 Å². The van der Waals surface area contributed by atoms with Crippen LogP contribution < -0.4 is 5.32 Å². The van der Waals surface area contributed by atoms with Crippen molar-refractivity contribution in [3.8, 4) is 0 Å². The number of hydrogen-bond donors (Lipinski definition) is 6. The maximum absolute atomic E-state index is 13.4. The van der Waals surface area contributed by atoms with Crippen LogP contribution in [-0.2, 0) is 23.8 Å². The van der Waals surface area contributed by atoms with Gasteiger partial charge in [-0.15, -0.1) is 0 Å². The fourth-order valence-electron chi connectivity index (χ4n) is 8.75. The number of amides is 1. The Morgan fingerprint density at radius 2 is 1.01 bits per heavy atom. The van der Waals surface area contributed by atoms with Crippen LogP contribution in [0.3, 0.4) is 0 Å². The number of ether oxygens (including phenoxy) is 3. The van der Waals surface area contributed by atoms with Crippen LogP contribution in [0.5, 0.6) is 0 Å². The standard InChI is InChI=1S/C64H109NO10/c1-4-7-10-13-16-19-22-25-27-28-29-30-31-34-37-40-43-46-49-52-59(69)75-62-61(71)60(70)58(53-66)74-64(62)73-54-55(56(67)50-47-44-41-38-35-32-24-21-18-15-12-9-6-3)65-63(72)57(68)51-48-45-42-39-36-33-26-23-20-17-14-11-8-5-2/h8,11,14,16-17,19-20,23,25,27,29-30,34,37,47,50,55-58,60-62,64,66-68,70-71H,4-7,9-10,12-13,15,18,21-22,24,26,28,31-33,35-36,38-46,48-49,51-54H2,1-3H3,(H,65,72)/b11-8+,17-14+,19-16-,23-20+,27-25-,30-29-,37-34-,50-47+. The SMILES string of the molecule is CC/C=C/C=C/C=C/CCCCCCCCC(O)C(=O)NC(COC1OC(CO)C(O)C(O)C1OC(=O)CCCCC/C=C\C/C=C\C/C=C\C/C=C\CCCCC)C(O)/C=C/CCCCCCCCCCCCC. The first-order chi connectivity index (χ1) is 36.7. The lowest BCUT2D eigenvalue weighted by Gasteiger charge is -2.41. The lowest BCUT2D eigenvalue weighted by Crippen LogP contribution is -2.61. The van der Waals surface area contributed by atoms with Gasteiger partial charge in [-0.3, -0.25) is 9.59 Å². The molecule has 0 radical (unpaired) electrons. The maximum Gasteiger partial charge on any atom is 0.306 e. The number of aliphatic hydroxyl groups excluding tert-OH is 5. The summed E-state index contributed by atoms with van der Waals surface area (Å²) in [6, 6.07) is -1.04. The van der Waals surface area contributed by atoms with Crippen LogP contribution in [-0.4, -0.2) is 99.6 Å². The second kappa shape index (κ2) is 51.3. The molecule has 1 heterocycles. The Morgan fingerprint density at radius 3 is 1.57 bits per heavy atom. The second-order valence-corrected chi connectivity index (χ2v) is 20.4. The van der Waals surface area contributed by atoms with Crippen molar-refractivity contribution >= 4 is 11.9 Å². The highest BCUT2D eigenvalue weighted by Crippen LogP contribution is 2.26. The van der Waals surface area contributed by atoms with Crippen LogP contribution >= 0.6 is 0 Å². The molecular formula is C64H109NO10. The molecule has 8 unspecified atom stereocenters. The molecule has 0 aromatic heterocycles. The molecule has 430 valence electrons. The zero-order valence-corrected chi connectivity index (χ0v) is 47.4. The van der Waals surface area contributed by atoms with Gasteiger partial charge in [-0.25, -0.2) is 0 Å². The zero-order chi connectivity index (χ0) is 54.7. The molecule has 1 aliphatic heterocycles. The molecule has 1 fully saturated rings. The third kappa shape index (κ3) is 39.6. The molecule has 0 aliphatic carbocycles. The number of hydrogen-bond acceptors (Lipinski definition) is 10. The number of aliphatic hydroxyl groups is 5. The van der Waals surface area contributed by atoms with Crippen LogP contribution in [0.4, 0.5) is 0 Å². The summed E-state index contributed by atoms with van der Waals surface area (Å²) in [5, 5.41) is 56.9. The third-order valence-corrected chi connectivity index (χ3v) is 13.5. The molecule has 8 atom stereocenters. The summed E-state index contributed by atoms with van der Waals surface area (Å²) in [7, 11) is 0. The van der Waals surface area contributed by atoms with Crippen molar-refractivity contribution in [2.45, 2.75) is 282 Å². The van der Waals surface area contributed by atoms with Gasteiger partial charge in [0.2, 0.25) is 5.91 Å². The van der Waals surface area contributed by atoms with Gasteiger partial charge in [-0.05, 0) is 89.9 Å². The molecule has 0 spiro atoms. The Morgan fingerprint density at radius 1 is 0.547 bits per heavy atom. The molecule has 1 saturated heterocycles. The van der Waals surface area contributed by atoms with Crippen molar-refractivity contribution in [1.82, 2.24) is 5.32 Å². The van der Waals surface area contributed by atoms with Crippen LogP contribution in [0.2, 0.25) is 0 Å². The third-order valence-electron chi connectivity index (χ3n) is 13.5. The smallest absolute Gasteiger partial charge is 0.306 e. The molecular weight excluding hydrogens is 943 g/mol. The largest absolute Gasteiger partial charge is 0.454 e. The molecule has 0 saturated carbocycles. The van der Waals surface area contributed by atoms with E-state index in [0.717, 1.165) is 109 Å². The van der Waals surface area contributed by atoms with E-state index in [1.54, 1.807) is 6.08 Å². The van der Waals surface area contributed by atoms with Crippen molar-refractivity contribution < 1.29 is 49.3 Å². The van der Waals surface area contributed by atoms with E-state index in [4.69, 9.17) is 14.2 Å². The van der Waals surface area contributed by atoms with Crippen molar-refractivity contribution in [3.63, 3.8) is 0 Å². The van der Waals surface area contributed by atoms with Crippen molar-refractivity contribution in [2.75, 3.05) is 13.2 Å². The average Bonchev–Trinajstić information content (AvgIpc) is 3.41. The first-order valence-corrected chi connectivity index (χ1v) is 30.0. The monoisotopic (exact) mass is 1050 g/mol. The second-order valence-electron chi connectivity index (χ2n) is 20.4. The average molecular weight is 1050 g/mol. The number of carbonyl (C=O) groups excluding carboxylic acids is 2. The summed E-state index contributed by atoms with van der Waals surface area (Å²) in [6.45, 7) is 5.59. The summed E-state index contributed by atoms with van der Waals surface area (Å²) in [5.74, 6) is -1.25. The first kappa shape index (κ1) is 69.6. The minimum Gasteiger partial charge on any atom is -0.454 e. The quantitative estimate of drug-likeness (QED) is 0.0149. The Bertz CT molecular complexity index is 1580. The molecule has 0 bridgehead atoms. The Hall–Kier alpha value is -3.42. The summed E-state index contributed by atoms with van der Waals surface area (Å²) in [5.41, 5.74) is 0. The molecule has 6 N–H and O–H groups in total. The molecule has 11 nitrogen and oxygen atoms in total. The van der Waals surface area contributed by atoms with E-state index in [-0.39, 0.29) is 19.4 Å². The van der Waals surface area contributed by atoms with Gasteiger partial charge in [0.15, 0.2) is 12.4 Å². The molecule has 75 heavy (non-hydrogen) atoms.